The number of nitrogens with one attached hydrogen (secondary N) is 1. The van der Waals surface area contributed by atoms with Crippen molar-refractivity contribution in [3.05, 3.63) is 0 Å². The van der Waals surface area contributed by atoms with Crippen LogP contribution in [0, 0.1) is 11.8 Å². The molecule has 0 aromatic rings. The maximum atomic E-state index is 11.9. The van der Waals surface area contributed by atoms with E-state index in [9.17, 15) is 13.2 Å². The highest BCUT2D eigenvalue weighted by molar-refractivity contribution is 7.89. The summed E-state index contributed by atoms with van der Waals surface area (Å²) in [5.74, 6) is -0.779. The van der Waals surface area contributed by atoms with Crippen LogP contribution in [0.15, 0.2) is 0 Å². The Morgan fingerprint density at radius 1 is 1.37 bits per heavy atom. The van der Waals surface area contributed by atoms with E-state index in [2.05, 4.69) is 4.72 Å². The second-order valence-corrected chi connectivity index (χ2v) is 7.45. The SMILES string of the molecule is CC[C@H](C)[C@H](NS(=O)(=O)CCC1CCCC1)C(=O)O. The lowest BCUT2D eigenvalue weighted by Gasteiger charge is -2.20. The summed E-state index contributed by atoms with van der Waals surface area (Å²) in [6.45, 7) is 3.60. The van der Waals surface area contributed by atoms with Crippen molar-refractivity contribution in [2.45, 2.75) is 58.4 Å². The Morgan fingerprint density at radius 2 is 1.95 bits per heavy atom. The van der Waals surface area contributed by atoms with E-state index < -0.39 is 22.0 Å². The second kappa shape index (κ2) is 7.24. The molecule has 1 saturated carbocycles. The third kappa shape index (κ3) is 5.48. The normalized spacial score (nSPS) is 20.3. The number of hydrogen-bond acceptors (Lipinski definition) is 3. The molecule has 19 heavy (non-hydrogen) atoms. The lowest BCUT2D eigenvalue weighted by atomic mass is 10.0. The molecule has 5 nitrogen and oxygen atoms in total. The lowest BCUT2D eigenvalue weighted by molar-refractivity contribution is -0.140. The summed E-state index contributed by atoms with van der Waals surface area (Å²) in [4.78, 5) is 11.1. The van der Waals surface area contributed by atoms with Gasteiger partial charge in [-0.2, -0.15) is 0 Å². The van der Waals surface area contributed by atoms with Gasteiger partial charge in [0.1, 0.15) is 6.04 Å². The zero-order valence-electron chi connectivity index (χ0n) is 11.8. The highest BCUT2D eigenvalue weighted by Gasteiger charge is 2.29. The molecule has 1 aliphatic carbocycles. The first-order chi connectivity index (χ1) is 8.85. The van der Waals surface area contributed by atoms with Gasteiger partial charge >= 0.3 is 5.97 Å². The average Bonchev–Trinajstić information content (AvgIpc) is 2.85. The van der Waals surface area contributed by atoms with Crippen molar-refractivity contribution in [3.8, 4) is 0 Å². The fraction of sp³-hybridized carbons (Fsp3) is 0.923. The minimum Gasteiger partial charge on any atom is -0.480 e. The van der Waals surface area contributed by atoms with E-state index >= 15 is 0 Å². The zero-order valence-corrected chi connectivity index (χ0v) is 12.6. The van der Waals surface area contributed by atoms with E-state index in [1.165, 1.54) is 12.8 Å². The Hall–Kier alpha value is -0.620. The van der Waals surface area contributed by atoms with E-state index in [4.69, 9.17) is 5.11 Å². The van der Waals surface area contributed by atoms with Gasteiger partial charge in [0, 0.05) is 0 Å². The van der Waals surface area contributed by atoms with Crippen LogP contribution in [-0.2, 0) is 14.8 Å². The monoisotopic (exact) mass is 291 g/mol. The molecular weight excluding hydrogens is 266 g/mol. The van der Waals surface area contributed by atoms with Crippen LogP contribution in [-0.4, -0.2) is 31.3 Å². The van der Waals surface area contributed by atoms with Crippen LogP contribution in [0.4, 0.5) is 0 Å². The van der Waals surface area contributed by atoms with Gasteiger partial charge in [0.05, 0.1) is 5.75 Å². The predicted octanol–water partition coefficient (Wildman–Crippen LogP) is 1.99. The number of carbonyl (C=O) groups is 1. The Bertz CT molecular complexity index is 387. The molecule has 0 amide bonds. The first-order valence-corrected chi connectivity index (χ1v) is 8.73. The van der Waals surface area contributed by atoms with Crippen LogP contribution >= 0.6 is 0 Å². The number of sulfonamides is 1. The summed E-state index contributed by atoms with van der Waals surface area (Å²) in [6, 6.07) is -1.02. The highest BCUT2D eigenvalue weighted by atomic mass is 32.2. The summed E-state index contributed by atoms with van der Waals surface area (Å²) in [5.41, 5.74) is 0. The zero-order chi connectivity index (χ0) is 14.5. The molecule has 0 radical (unpaired) electrons. The van der Waals surface area contributed by atoms with Crippen molar-refractivity contribution in [1.82, 2.24) is 4.72 Å². The molecule has 1 rings (SSSR count). The minimum absolute atomic E-state index is 0.0396. The van der Waals surface area contributed by atoms with E-state index in [0.717, 1.165) is 12.8 Å². The molecule has 112 valence electrons. The lowest BCUT2D eigenvalue weighted by Crippen LogP contribution is -2.45. The van der Waals surface area contributed by atoms with Gasteiger partial charge in [0.2, 0.25) is 10.0 Å². The van der Waals surface area contributed by atoms with Crippen molar-refractivity contribution >= 4 is 16.0 Å². The van der Waals surface area contributed by atoms with Crippen LogP contribution < -0.4 is 4.72 Å². The van der Waals surface area contributed by atoms with Gasteiger partial charge in [-0.1, -0.05) is 46.0 Å². The molecule has 0 unspecified atom stereocenters. The molecule has 0 spiro atoms. The first kappa shape index (κ1) is 16.4. The molecule has 0 aromatic heterocycles. The first-order valence-electron chi connectivity index (χ1n) is 7.08. The van der Waals surface area contributed by atoms with Gasteiger partial charge in [-0.15, -0.1) is 0 Å². The van der Waals surface area contributed by atoms with Crippen LogP contribution in [0.25, 0.3) is 0 Å². The van der Waals surface area contributed by atoms with Gasteiger partial charge in [0.25, 0.3) is 0 Å². The summed E-state index contributed by atoms with van der Waals surface area (Å²) in [5, 5.41) is 9.09. The molecule has 2 N–H and O–H groups in total. The molecule has 2 atom stereocenters. The van der Waals surface area contributed by atoms with Gasteiger partial charge in [-0.05, 0) is 18.3 Å². The van der Waals surface area contributed by atoms with E-state index in [1.807, 2.05) is 6.92 Å². The molecule has 0 saturated heterocycles. The fourth-order valence-electron chi connectivity index (χ4n) is 2.52. The van der Waals surface area contributed by atoms with E-state index in [0.29, 0.717) is 18.8 Å². The standard InChI is InChI=1S/C13H25NO4S/c1-3-10(2)12(13(15)16)14-19(17,18)9-8-11-6-4-5-7-11/h10-12,14H,3-9H2,1-2H3,(H,15,16)/t10-,12-/m0/s1. The summed E-state index contributed by atoms with van der Waals surface area (Å²) >= 11 is 0. The van der Waals surface area contributed by atoms with Gasteiger partial charge in [-0.3, -0.25) is 4.79 Å². The topological polar surface area (TPSA) is 83.5 Å². The molecule has 0 aromatic carbocycles. The maximum Gasteiger partial charge on any atom is 0.322 e. The number of aliphatic carboxylic acids is 1. The van der Waals surface area contributed by atoms with E-state index in [1.54, 1.807) is 6.92 Å². The number of carboxylic acid groups (broad SMARTS) is 1. The van der Waals surface area contributed by atoms with Crippen molar-refractivity contribution in [2.75, 3.05) is 5.75 Å². The fourth-order valence-corrected chi connectivity index (χ4v) is 4.00. The van der Waals surface area contributed by atoms with Crippen LogP contribution in [0.1, 0.15) is 52.4 Å². The molecule has 0 bridgehead atoms. The molecule has 0 heterocycles. The Kier molecular flexibility index (Phi) is 6.26. The predicted molar refractivity (Wildman–Crippen MR) is 74.4 cm³/mol. The number of hydrogen-bond donors (Lipinski definition) is 2. The van der Waals surface area contributed by atoms with Gasteiger partial charge in [0.15, 0.2) is 0 Å². The quantitative estimate of drug-likeness (QED) is 0.716. The van der Waals surface area contributed by atoms with Crippen LogP contribution in [0.2, 0.25) is 0 Å². The van der Waals surface area contributed by atoms with Crippen molar-refractivity contribution < 1.29 is 18.3 Å². The Labute approximate surface area is 115 Å². The number of rotatable bonds is 8. The van der Waals surface area contributed by atoms with Crippen LogP contribution in [0.3, 0.4) is 0 Å². The molecular formula is C13H25NO4S. The molecule has 0 aliphatic heterocycles. The van der Waals surface area contributed by atoms with Gasteiger partial charge < -0.3 is 5.11 Å². The van der Waals surface area contributed by atoms with Crippen molar-refractivity contribution in [3.63, 3.8) is 0 Å². The van der Waals surface area contributed by atoms with Crippen molar-refractivity contribution in [1.29, 1.82) is 0 Å². The minimum atomic E-state index is -3.50. The van der Waals surface area contributed by atoms with Crippen LogP contribution in [0.5, 0.6) is 0 Å². The largest absolute Gasteiger partial charge is 0.480 e. The smallest absolute Gasteiger partial charge is 0.322 e. The number of carboxylic acids is 1. The summed E-state index contributed by atoms with van der Waals surface area (Å²) in [6.07, 6.45) is 5.84. The molecule has 1 aliphatic rings. The third-order valence-electron chi connectivity index (χ3n) is 4.06. The molecule has 6 heteroatoms. The third-order valence-corrected chi connectivity index (χ3v) is 5.44. The summed E-state index contributed by atoms with van der Waals surface area (Å²) in [7, 11) is -3.50. The Morgan fingerprint density at radius 3 is 2.42 bits per heavy atom. The highest BCUT2D eigenvalue weighted by Crippen LogP contribution is 2.27. The average molecular weight is 291 g/mol. The maximum absolute atomic E-state index is 11.9. The van der Waals surface area contributed by atoms with Gasteiger partial charge in [-0.25, -0.2) is 13.1 Å². The summed E-state index contributed by atoms with van der Waals surface area (Å²) < 4.78 is 26.2. The molecule has 1 fully saturated rings. The second-order valence-electron chi connectivity index (χ2n) is 5.58. The Balaban J connectivity index is 2.53. The van der Waals surface area contributed by atoms with Crippen molar-refractivity contribution in [2.24, 2.45) is 11.8 Å². The van der Waals surface area contributed by atoms with E-state index in [-0.39, 0.29) is 11.7 Å².